The van der Waals surface area contributed by atoms with Gasteiger partial charge in [0.15, 0.2) is 0 Å². The highest BCUT2D eigenvalue weighted by Crippen LogP contribution is 2.30. The zero-order valence-electron chi connectivity index (χ0n) is 15.4. The third kappa shape index (κ3) is 4.61. The second-order valence-electron chi connectivity index (χ2n) is 7.69. The average molecular weight is 372 g/mol. The number of allylic oxidation sites excluding steroid dienone is 4. The van der Waals surface area contributed by atoms with Gasteiger partial charge in [-0.2, -0.15) is 0 Å². The van der Waals surface area contributed by atoms with Crippen LogP contribution in [0.5, 0.6) is 0 Å². The van der Waals surface area contributed by atoms with Gasteiger partial charge in [-0.05, 0) is 24.6 Å². The lowest BCUT2D eigenvalue weighted by Gasteiger charge is -2.41. The Kier molecular flexibility index (Phi) is 5.16. The van der Waals surface area contributed by atoms with Crippen LogP contribution in [0.25, 0.3) is 0 Å². The van der Waals surface area contributed by atoms with Crippen LogP contribution in [-0.4, -0.2) is 46.0 Å². The Morgan fingerprint density at radius 2 is 2.11 bits per heavy atom. The van der Waals surface area contributed by atoms with Gasteiger partial charge in [-0.25, -0.2) is 13.8 Å². The van der Waals surface area contributed by atoms with Crippen molar-refractivity contribution in [2.75, 3.05) is 13.1 Å². The minimum absolute atomic E-state index is 0.186. The maximum Gasteiger partial charge on any atom is 0.272 e. The number of carbonyl (C=O) groups excluding carboxylic acids is 1. The van der Waals surface area contributed by atoms with Crippen molar-refractivity contribution in [3.63, 3.8) is 0 Å². The number of alkyl halides is 2. The van der Waals surface area contributed by atoms with Crippen molar-refractivity contribution in [1.29, 1.82) is 0 Å². The van der Waals surface area contributed by atoms with Crippen molar-refractivity contribution in [1.82, 2.24) is 9.88 Å². The Balaban J connectivity index is 1.68. The lowest BCUT2D eigenvalue weighted by Crippen LogP contribution is -2.50. The molecule has 0 spiro atoms. The summed E-state index contributed by atoms with van der Waals surface area (Å²) in [5.41, 5.74) is 0.861. The molecule has 1 N–H and O–H groups in total. The summed E-state index contributed by atoms with van der Waals surface area (Å²) < 4.78 is 26.6. The van der Waals surface area contributed by atoms with Crippen LogP contribution < -0.4 is 0 Å². The quantitative estimate of drug-likeness (QED) is 0.771. The van der Waals surface area contributed by atoms with Crippen LogP contribution in [0.15, 0.2) is 42.1 Å². The third-order valence-corrected chi connectivity index (χ3v) is 4.87. The Labute approximate surface area is 157 Å². The second-order valence-corrected chi connectivity index (χ2v) is 7.69. The van der Waals surface area contributed by atoms with Crippen LogP contribution in [0, 0.1) is 17.3 Å². The van der Waals surface area contributed by atoms with Crippen molar-refractivity contribution in [3.8, 4) is 11.8 Å². The molecule has 0 saturated carbocycles. The largest absolute Gasteiger partial charge is 0.392 e. The van der Waals surface area contributed by atoms with E-state index in [2.05, 4.69) is 16.8 Å². The number of hydrogen-bond donors (Lipinski definition) is 1. The van der Waals surface area contributed by atoms with Gasteiger partial charge in [-0.1, -0.05) is 37.8 Å². The molecule has 1 fully saturated rings. The maximum atomic E-state index is 13.3. The van der Waals surface area contributed by atoms with E-state index in [4.69, 9.17) is 0 Å². The fourth-order valence-corrected chi connectivity index (χ4v) is 3.19. The number of piperidine rings is 1. The van der Waals surface area contributed by atoms with Gasteiger partial charge in [-0.3, -0.25) is 4.79 Å². The highest BCUT2D eigenvalue weighted by molar-refractivity contribution is 5.92. The first-order chi connectivity index (χ1) is 12.7. The molecule has 6 heteroatoms. The van der Waals surface area contributed by atoms with E-state index in [-0.39, 0.29) is 11.3 Å². The van der Waals surface area contributed by atoms with Gasteiger partial charge in [0.1, 0.15) is 5.69 Å². The predicted molar refractivity (Wildman–Crippen MR) is 98.2 cm³/mol. The molecule has 1 saturated heterocycles. The van der Waals surface area contributed by atoms with Gasteiger partial charge >= 0.3 is 0 Å². The first-order valence-electron chi connectivity index (χ1n) is 8.88. The highest BCUT2D eigenvalue weighted by atomic mass is 19.3. The van der Waals surface area contributed by atoms with Crippen molar-refractivity contribution < 1.29 is 18.7 Å². The summed E-state index contributed by atoms with van der Waals surface area (Å²) in [6, 6.07) is 3.25. The molecule has 1 atom stereocenters. The summed E-state index contributed by atoms with van der Waals surface area (Å²) in [6.45, 7) is 4.82. The zero-order chi connectivity index (χ0) is 19.7. The second kappa shape index (κ2) is 7.24. The van der Waals surface area contributed by atoms with Gasteiger partial charge in [0.25, 0.3) is 11.8 Å². The summed E-state index contributed by atoms with van der Waals surface area (Å²) in [7, 11) is 0. The van der Waals surface area contributed by atoms with E-state index in [0.29, 0.717) is 36.3 Å². The van der Waals surface area contributed by atoms with Gasteiger partial charge in [0, 0.05) is 42.3 Å². The number of amides is 1. The molecule has 142 valence electrons. The summed E-state index contributed by atoms with van der Waals surface area (Å²) in [5, 5.41) is 10.0. The molecule has 1 amide bonds. The highest BCUT2D eigenvalue weighted by Gasteiger charge is 2.36. The lowest BCUT2D eigenvalue weighted by molar-refractivity contribution is -0.0184. The Hall–Kier alpha value is -2.52. The Morgan fingerprint density at radius 1 is 1.33 bits per heavy atom. The molecule has 1 aliphatic heterocycles. The monoisotopic (exact) mass is 372 g/mol. The molecule has 1 aliphatic carbocycles. The number of hydrogen-bond acceptors (Lipinski definition) is 3. The van der Waals surface area contributed by atoms with E-state index >= 15 is 0 Å². The number of halogens is 2. The van der Waals surface area contributed by atoms with E-state index < -0.39 is 18.4 Å². The van der Waals surface area contributed by atoms with Crippen molar-refractivity contribution in [2.24, 2.45) is 5.41 Å². The third-order valence-electron chi connectivity index (χ3n) is 4.87. The van der Waals surface area contributed by atoms with Crippen LogP contribution in [-0.2, 0) is 0 Å². The van der Waals surface area contributed by atoms with Crippen molar-refractivity contribution >= 4 is 5.91 Å². The number of aliphatic hydroxyl groups is 1. The number of rotatable bonds is 1. The number of likely N-dealkylation sites (tertiary alicyclic amines) is 1. The topological polar surface area (TPSA) is 53.4 Å². The van der Waals surface area contributed by atoms with E-state index in [1.807, 2.05) is 13.8 Å². The summed E-state index contributed by atoms with van der Waals surface area (Å²) in [4.78, 5) is 18.5. The smallest absolute Gasteiger partial charge is 0.272 e. The van der Waals surface area contributed by atoms with E-state index in [1.165, 1.54) is 12.3 Å². The summed E-state index contributed by atoms with van der Waals surface area (Å²) in [6.07, 6.45) is 4.92. The van der Waals surface area contributed by atoms with E-state index in [1.54, 1.807) is 23.1 Å². The fraction of sp³-hybridized carbons (Fsp3) is 0.429. The van der Waals surface area contributed by atoms with Crippen molar-refractivity contribution in [3.05, 3.63) is 53.4 Å². The number of aliphatic hydroxyl groups excluding tert-OH is 1. The van der Waals surface area contributed by atoms with Crippen LogP contribution >= 0.6 is 0 Å². The number of pyridine rings is 1. The first-order valence-corrected chi connectivity index (χ1v) is 8.88. The molecule has 2 aliphatic rings. The SMILES string of the molecule is CC1(C)CN(C(=O)c2ccc(C#CC3=CC=CC(F)(F)C3)cn2)CCC1O. The molecule has 1 unspecified atom stereocenters. The van der Waals surface area contributed by atoms with Gasteiger partial charge in [-0.15, -0.1) is 0 Å². The van der Waals surface area contributed by atoms with Crippen LogP contribution in [0.1, 0.15) is 42.7 Å². The maximum absolute atomic E-state index is 13.3. The molecular formula is C21H22F2N2O2. The molecule has 27 heavy (non-hydrogen) atoms. The van der Waals surface area contributed by atoms with Gasteiger partial charge in [0.2, 0.25) is 0 Å². The zero-order valence-corrected chi connectivity index (χ0v) is 15.4. The van der Waals surface area contributed by atoms with Gasteiger partial charge < -0.3 is 10.0 Å². The molecule has 0 bridgehead atoms. The predicted octanol–water partition coefficient (Wildman–Crippen LogP) is 3.19. The molecule has 1 aromatic heterocycles. The standard InChI is InChI=1S/C21H22F2N2O2/c1-20(2)14-25(11-9-18(20)26)19(27)17-8-7-16(13-24-17)6-5-15-4-3-10-21(22,23)12-15/h3-4,7-8,10,13,18,26H,9,11-12,14H2,1-2H3. The Bertz CT molecular complexity index is 845. The first kappa shape index (κ1) is 19.2. The summed E-state index contributed by atoms with van der Waals surface area (Å²) in [5.74, 6) is 2.50. The molecule has 1 aromatic rings. The molecule has 0 radical (unpaired) electrons. The Morgan fingerprint density at radius 3 is 2.74 bits per heavy atom. The molecule has 0 aromatic carbocycles. The van der Waals surface area contributed by atoms with E-state index in [0.717, 1.165) is 6.08 Å². The minimum Gasteiger partial charge on any atom is -0.392 e. The molecule has 2 heterocycles. The average Bonchev–Trinajstić information content (AvgIpc) is 2.61. The number of nitrogens with zero attached hydrogens (tertiary/aromatic N) is 2. The lowest BCUT2D eigenvalue weighted by atomic mass is 9.81. The molecule has 3 rings (SSSR count). The fourth-order valence-electron chi connectivity index (χ4n) is 3.19. The number of carbonyl (C=O) groups is 1. The van der Waals surface area contributed by atoms with Gasteiger partial charge in [0.05, 0.1) is 6.10 Å². The van der Waals surface area contributed by atoms with Crippen LogP contribution in [0.3, 0.4) is 0 Å². The number of aromatic nitrogens is 1. The molecular weight excluding hydrogens is 350 g/mol. The van der Waals surface area contributed by atoms with Crippen LogP contribution in [0.4, 0.5) is 8.78 Å². The minimum atomic E-state index is -2.86. The van der Waals surface area contributed by atoms with E-state index in [9.17, 15) is 18.7 Å². The van der Waals surface area contributed by atoms with Crippen LogP contribution in [0.2, 0.25) is 0 Å². The molecule has 4 nitrogen and oxygen atoms in total. The van der Waals surface area contributed by atoms with Crippen molar-refractivity contribution in [2.45, 2.75) is 38.7 Å². The normalized spacial score (nSPS) is 23.2. The summed E-state index contributed by atoms with van der Waals surface area (Å²) >= 11 is 0.